The molecule has 0 bridgehead atoms. The summed E-state index contributed by atoms with van der Waals surface area (Å²) in [6.45, 7) is 5.21. The number of anilines is 1. The van der Waals surface area contributed by atoms with Gasteiger partial charge in [0.2, 0.25) is 0 Å². The number of nitriles is 2. The molecule has 0 aliphatic rings. The summed E-state index contributed by atoms with van der Waals surface area (Å²) >= 11 is 0. The summed E-state index contributed by atoms with van der Waals surface area (Å²) in [4.78, 5) is 2.22. The number of aryl methyl sites for hydroxylation is 1. The third-order valence-corrected chi connectivity index (χ3v) is 3.08. The first-order chi connectivity index (χ1) is 9.12. The van der Waals surface area contributed by atoms with Crippen LogP contribution in [0, 0.1) is 29.6 Å². The van der Waals surface area contributed by atoms with E-state index in [1.165, 1.54) is 18.5 Å². The Morgan fingerprint density at radius 1 is 1.32 bits per heavy atom. The Balaban J connectivity index is 2.96. The van der Waals surface area contributed by atoms with Crippen LogP contribution in [0.25, 0.3) is 6.08 Å². The molecule has 3 heteroatoms. The van der Waals surface area contributed by atoms with E-state index in [1.54, 1.807) is 6.08 Å². The van der Waals surface area contributed by atoms with Gasteiger partial charge in [0.25, 0.3) is 0 Å². The Morgan fingerprint density at radius 3 is 2.53 bits per heavy atom. The molecule has 1 aromatic carbocycles. The fourth-order valence-electron chi connectivity index (χ4n) is 1.83. The van der Waals surface area contributed by atoms with Gasteiger partial charge in [-0.25, -0.2) is 0 Å². The molecule has 0 aromatic heterocycles. The monoisotopic (exact) mass is 253 g/mol. The molecule has 1 rings (SSSR count). The summed E-state index contributed by atoms with van der Waals surface area (Å²) in [5.74, 6) is 0. The van der Waals surface area contributed by atoms with Crippen LogP contribution in [0.5, 0.6) is 0 Å². The number of hydrogen-bond donors (Lipinski definition) is 0. The van der Waals surface area contributed by atoms with Crippen molar-refractivity contribution in [1.82, 2.24) is 0 Å². The van der Waals surface area contributed by atoms with Gasteiger partial charge in [0.05, 0.1) is 0 Å². The third-order valence-electron chi connectivity index (χ3n) is 3.08. The lowest BCUT2D eigenvalue weighted by Gasteiger charge is -2.20. The Kier molecular flexibility index (Phi) is 5.64. The second-order valence-corrected chi connectivity index (χ2v) is 4.60. The average molecular weight is 253 g/mol. The second kappa shape index (κ2) is 7.24. The number of rotatable bonds is 5. The van der Waals surface area contributed by atoms with Gasteiger partial charge < -0.3 is 4.90 Å². The van der Waals surface area contributed by atoms with Crippen molar-refractivity contribution < 1.29 is 0 Å². The van der Waals surface area contributed by atoms with Crippen LogP contribution in [-0.2, 0) is 0 Å². The molecule has 0 amide bonds. The van der Waals surface area contributed by atoms with Crippen LogP contribution < -0.4 is 4.90 Å². The van der Waals surface area contributed by atoms with Gasteiger partial charge >= 0.3 is 0 Å². The van der Waals surface area contributed by atoms with Gasteiger partial charge in [0.15, 0.2) is 0 Å². The number of unbranched alkanes of at least 4 members (excludes halogenated alkanes) is 1. The highest BCUT2D eigenvalue weighted by Crippen LogP contribution is 2.20. The standard InChI is InChI=1S/C16H19N3/c1-4-5-8-19(3)16-7-6-15(13(2)9-16)10-14(11-17)12-18/h6-7,9-10H,4-5,8H2,1-3H3. The maximum atomic E-state index is 8.77. The summed E-state index contributed by atoms with van der Waals surface area (Å²) in [5.41, 5.74) is 3.29. The molecule has 0 spiro atoms. The molecular formula is C16H19N3. The molecule has 0 heterocycles. The zero-order chi connectivity index (χ0) is 14.3. The molecule has 3 nitrogen and oxygen atoms in total. The summed E-state index contributed by atoms with van der Waals surface area (Å²) in [6.07, 6.45) is 3.98. The molecule has 0 saturated heterocycles. The highest BCUT2D eigenvalue weighted by molar-refractivity contribution is 5.66. The molecule has 0 unspecified atom stereocenters. The van der Waals surface area contributed by atoms with Crippen molar-refractivity contribution >= 4 is 11.8 Å². The van der Waals surface area contributed by atoms with Gasteiger partial charge in [-0.3, -0.25) is 0 Å². The number of allylic oxidation sites excluding steroid dienone is 1. The summed E-state index contributed by atoms with van der Waals surface area (Å²) < 4.78 is 0. The second-order valence-electron chi connectivity index (χ2n) is 4.60. The first-order valence-corrected chi connectivity index (χ1v) is 6.46. The maximum absolute atomic E-state index is 8.77. The molecule has 98 valence electrons. The first-order valence-electron chi connectivity index (χ1n) is 6.46. The zero-order valence-electron chi connectivity index (χ0n) is 11.8. The van der Waals surface area contributed by atoms with Crippen molar-refractivity contribution in [3.63, 3.8) is 0 Å². The topological polar surface area (TPSA) is 50.8 Å². The predicted octanol–water partition coefficient (Wildman–Crippen LogP) is 3.66. The van der Waals surface area contributed by atoms with E-state index in [4.69, 9.17) is 10.5 Å². The van der Waals surface area contributed by atoms with Crippen molar-refractivity contribution in [1.29, 1.82) is 10.5 Å². The fourth-order valence-corrected chi connectivity index (χ4v) is 1.83. The average Bonchev–Trinajstić information content (AvgIpc) is 2.43. The molecule has 0 N–H and O–H groups in total. The maximum Gasteiger partial charge on any atom is 0.130 e. The van der Waals surface area contributed by atoms with Gasteiger partial charge in [-0.15, -0.1) is 0 Å². The molecule has 0 saturated carbocycles. The van der Waals surface area contributed by atoms with Crippen molar-refractivity contribution in [3.8, 4) is 12.1 Å². The van der Waals surface area contributed by atoms with Crippen LogP contribution in [0.2, 0.25) is 0 Å². The van der Waals surface area contributed by atoms with E-state index in [1.807, 2.05) is 31.2 Å². The van der Waals surface area contributed by atoms with E-state index < -0.39 is 0 Å². The van der Waals surface area contributed by atoms with Crippen LogP contribution >= 0.6 is 0 Å². The minimum absolute atomic E-state index is 0.134. The minimum atomic E-state index is 0.134. The van der Waals surface area contributed by atoms with Gasteiger partial charge in [0.1, 0.15) is 17.7 Å². The molecular weight excluding hydrogens is 234 g/mol. The normalized spacial score (nSPS) is 9.32. The van der Waals surface area contributed by atoms with Crippen molar-refractivity contribution in [3.05, 3.63) is 34.9 Å². The quantitative estimate of drug-likeness (QED) is 0.752. The fraction of sp³-hybridized carbons (Fsp3) is 0.375. The van der Waals surface area contributed by atoms with Crippen molar-refractivity contribution in [2.75, 3.05) is 18.5 Å². The molecule has 0 radical (unpaired) electrons. The van der Waals surface area contributed by atoms with Gasteiger partial charge in [-0.05, 0) is 42.7 Å². The molecule has 0 aliphatic carbocycles. The number of benzene rings is 1. The zero-order valence-corrected chi connectivity index (χ0v) is 11.8. The van der Waals surface area contributed by atoms with E-state index in [0.717, 1.165) is 17.7 Å². The molecule has 19 heavy (non-hydrogen) atoms. The SMILES string of the molecule is CCCCN(C)c1ccc(C=C(C#N)C#N)c(C)c1. The highest BCUT2D eigenvalue weighted by Gasteiger charge is 2.03. The van der Waals surface area contributed by atoms with E-state index in [2.05, 4.69) is 24.9 Å². The van der Waals surface area contributed by atoms with E-state index in [9.17, 15) is 0 Å². The van der Waals surface area contributed by atoms with Gasteiger partial charge in [0, 0.05) is 19.3 Å². The largest absolute Gasteiger partial charge is 0.375 e. The minimum Gasteiger partial charge on any atom is -0.375 e. The summed E-state index contributed by atoms with van der Waals surface area (Å²) in [6, 6.07) is 9.84. The van der Waals surface area contributed by atoms with Crippen molar-refractivity contribution in [2.24, 2.45) is 0 Å². The predicted molar refractivity (Wildman–Crippen MR) is 78.6 cm³/mol. The van der Waals surface area contributed by atoms with E-state index in [-0.39, 0.29) is 5.57 Å². The van der Waals surface area contributed by atoms with Crippen LogP contribution in [0.15, 0.2) is 23.8 Å². The number of hydrogen-bond acceptors (Lipinski definition) is 3. The van der Waals surface area contributed by atoms with Gasteiger partial charge in [-0.1, -0.05) is 19.4 Å². The Bertz CT molecular complexity index is 528. The lowest BCUT2D eigenvalue weighted by Crippen LogP contribution is -2.18. The highest BCUT2D eigenvalue weighted by atomic mass is 15.1. The first kappa shape index (κ1) is 14.8. The van der Waals surface area contributed by atoms with E-state index >= 15 is 0 Å². The smallest absolute Gasteiger partial charge is 0.130 e. The third kappa shape index (κ3) is 4.16. The van der Waals surface area contributed by atoms with Crippen LogP contribution in [-0.4, -0.2) is 13.6 Å². The molecule has 0 aliphatic heterocycles. The Labute approximate surface area is 115 Å². The molecule has 0 atom stereocenters. The van der Waals surface area contributed by atoms with Crippen molar-refractivity contribution in [2.45, 2.75) is 26.7 Å². The molecule has 1 aromatic rings. The summed E-state index contributed by atoms with van der Waals surface area (Å²) in [5, 5.41) is 17.5. The van der Waals surface area contributed by atoms with Gasteiger partial charge in [-0.2, -0.15) is 10.5 Å². The lowest BCUT2D eigenvalue weighted by atomic mass is 10.0. The lowest BCUT2D eigenvalue weighted by molar-refractivity contribution is 0.766. The molecule has 0 fully saturated rings. The van der Waals surface area contributed by atoms with Crippen LogP contribution in [0.1, 0.15) is 30.9 Å². The Morgan fingerprint density at radius 2 is 2.00 bits per heavy atom. The van der Waals surface area contributed by atoms with E-state index in [0.29, 0.717) is 0 Å². The Hall–Kier alpha value is -2.26. The summed E-state index contributed by atoms with van der Waals surface area (Å²) in [7, 11) is 2.08. The van der Waals surface area contributed by atoms with Crippen LogP contribution in [0.3, 0.4) is 0 Å². The van der Waals surface area contributed by atoms with Crippen LogP contribution in [0.4, 0.5) is 5.69 Å². The number of nitrogens with zero attached hydrogens (tertiary/aromatic N) is 3.